The molecule has 0 atom stereocenters. The number of nitrogens with one attached hydrogen (secondary N) is 1. The van der Waals surface area contributed by atoms with Gasteiger partial charge in [-0.2, -0.15) is 13.2 Å². The van der Waals surface area contributed by atoms with Gasteiger partial charge in [0, 0.05) is 32.9 Å². The number of rotatable bonds is 6. The first-order valence-electron chi connectivity index (χ1n) is 5.19. The van der Waals surface area contributed by atoms with Gasteiger partial charge in [0.15, 0.2) is 0 Å². The average Bonchev–Trinajstić information content (AvgIpc) is 2.58. The van der Waals surface area contributed by atoms with E-state index in [4.69, 9.17) is 0 Å². The number of halogens is 3. The Bertz CT molecular complexity index is 336. The molecule has 5 nitrogen and oxygen atoms in total. The van der Waals surface area contributed by atoms with Crippen LogP contribution in [-0.4, -0.2) is 52.8 Å². The Labute approximate surface area is 97.6 Å². The molecular formula is C9H16F3N5. The highest BCUT2D eigenvalue weighted by Gasteiger charge is 2.30. The molecular weight excluding hydrogens is 235 g/mol. The second-order valence-electron chi connectivity index (χ2n) is 3.81. The number of alkyl halides is 3. The van der Waals surface area contributed by atoms with Gasteiger partial charge in [0.2, 0.25) is 0 Å². The number of likely N-dealkylation sites (N-methyl/N-ethyl adjacent to an activating group) is 1. The number of nitrogens with zero attached hydrogens (tertiary/aromatic N) is 4. The van der Waals surface area contributed by atoms with Crippen LogP contribution in [-0.2, 0) is 13.6 Å². The zero-order chi connectivity index (χ0) is 12.9. The van der Waals surface area contributed by atoms with Gasteiger partial charge in [-0.15, -0.1) is 5.10 Å². The first-order valence-corrected chi connectivity index (χ1v) is 5.19. The van der Waals surface area contributed by atoms with Crippen LogP contribution >= 0.6 is 0 Å². The molecule has 8 heteroatoms. The summed E-state index contributed by atoms with van der Waals surface area (Å²) >= 11 is 0. The third kappa shape index (κ3) is 5.64. The van der Waals surface area contributed by atoms with Gasteiger partial charge >= 0.3 is 6.18 Å². The van der Waals surface area contributed by atoms with Crippen LogP contribution in [0.15, 0.2) is 6.20 Å². The molecule has 0 aliphatic heterocycles. The molecule has 0 unspecified atom stereocenters. The maximum Gasteiger partial charge on any atom is 0.401 e. The molecule has 0 fully saturated rings. The average molecular weight is 251 g/mol. The van der Waals surface area contributed by atoms with Crippen molar-refractivity contribution in [3.63, 3.8) is 0 Å². The van der Waals surface area contributed by atoms with Crippen LogP contribution in [0.5, 0.6) is 0 Å². The monoisotopic (exact) mass is 251 g/mol. The van der Waals surface area contributed by atoms with E-state index < -0.39 is 12.7 Å². The van der Waals surface area contributed by atoms with Gasteiger partial charge in [-0.3, -0.25) is 9.58 Å². The fraction of sp³-hybridized carbons (Fsp3) is 0.778. The molecule has 17 heavy (non-hydrogen) atoms. The Morgan fingerprint density at radius 2 is 2.18 bits per heavy atom. The molecule has 1 heterocycles. The lowest BCUT2D eigenvalue weighted by Crippen LogP contribution is -2.37. The maximum atomic E-state index is 12.3. The maximum absolute atomic E-state index is 12.3. The van der Waals surface area contributed by atoms with Crippen molar-refractivity contribution in [3.8, 4) is 0 Å². The topological polar surface area (TPSA) is 46.0 Å². The highest BCUT2D eigenvalue weighted by molar-refractivity contribution is 4.92. The molecule has 0 bridgehead atoms. The molecule has 1 rings (SSSR count). The Morgan fingerprint density at radius 3 is 2.65 bits per heavy atom. The van der Waals surface area contributed by atoms with Crippen molar-refractivity contribution in [2.45, 2.75) is 12.7 Å². The largest absolute Gasteiger partial charge is 0.401 e. The van der Waals surface area contributed by atoms with Gasteiger partial charge in [-0.05, 0) is 7.05 Å². The van der Waals surface area contributed by atoms with Crippen molar-refractivity contribution >= 4 is 0 Å². The molecule has 98 valence electrons. The molecule has 0 aliphatic carbocycles. The lowest BCUT2D eigenvalue weighted by molar-refractivity contribution is -0.147. The standard InChI is InChI=1S/C9H16F3N5/c1-13-3-4-17(7-9(10,11)12)6-8-5-16(2)15-14-8/h5,13H,3-4,6-7H2,1-2H3. The Balaban J connectivity index is 2.56. The molecule has 0 aromatic carbocycles. The molecule has 0 spiro atoms. The third-order valence-electron chi connectivity index (χ3n) is 2.12. The van der Waals surface area contributed by atoms with Crippen molar-refractivity contribution in [3.05, 3.63) is 11.9 Å². The van der Waals surface area contributed by atoms with Gasteiger partial charge in [-0.1, -0.05) is 5.21 Å². The lowest BCUT2D eigenvalue weighted by atomic mass is 10.3. The van der Waals surface area contributed by atoms with Gasteiger partial charge in [0.05, 0.1) is 12.2 Å². The smallest absolute Gasteiger partial charge is 0.318 e. The van der Waals surface area contributed by atoms with Gasteiger partial charge in [0.25, 0.3) is 0 Å². The minimum Gasteiger partial charge on any atom is -0.318 e. The number of hydrogen-bond donors (Lipinski definition) is 1. The van der Waals surface area contributed by atoms with E-state index >= 15 is 0 Å². The fourth-order valence-corrected chi connectivity index (χ4v) is 1.43. The van der Waals surface area contributed by atoms with Gasteiger partial charge in [0.1, 0.15) is 0 Å². The van der Waals surface area contributed by atoms with E-state index in [0.717, 1.165) is 0 Å². The van der Waals surface area contributed by atoms with E-state index in [1.165, 1.54) is 9.58 Å². The van der Waals surface area contributed by atoms with Crippen LogP contribution in [0.3, 0.4) is 0 Å². The molecule has 0 radical (unpaired) electrons. The highest BCUT2D eigenvalue weighted by Crippen LogP contribution is 2.17. The highest BCUT2D eigenvalue weighted by atomic mass is 19.4. The lowest BCUT2D eigenvalue weighted by Gasteiger charge is -2.22. The Hall–Kier alpha value is -1.15. The van der Waals surface area contributed by atoms with E-state index in [0.29, 0.717) is 18.8 Å². The fourth-order valence-electron chi connectivity index (χ4n) is 1.43. The SMILES string of the molecule is CNCCN(Cc1cn(C)nn1)CC(F)(F)F. The number of aromatic nitrogens is 3. The molecule has 1 N–H and O–H groups in total. The summed E-state index contributed by atoms with van der Waals surface area (Å²) in [6.45, 7) is 0.0171. The zero-order valence-corrected chi connectivity index (χ0v) is 9.83. The second-order valence-corrected chi connectivity index (χ2v) is 3.81. The summed E-state index contributed by atoms with van der Waals surface area (Å²) in [7, 11) is 3.38. The molecule has 0 saturated heterocycles. The van der Waals surface area contributed by atoms with E-state index in [-0.39, 0.29) is 6.54 Å². The number of aryl methyl sites for hydroxylation is 1. The van der Waals surface area contributed by atoms with E-state index in [2.05, 4.69) is 15.6 Å². The van der Waals surface area contributed by atoms with Crippen LogP contribution in [0.4, 0.5) is 13.2 Å². The summed E-state index contributed by atoms with van der Waals surface area (Å²) in [5.41, 5.74) is 0.535. The van der Waals surface area contributed by atoms with Crippen molar-refractivity contribution < 1.29 is 13.2 Å². The quantitative estimate of drug-likeness (QED) is 0.795. The predicted molar refractivity (Wildman–Crippen MR) is 56.3 cm³/mol. The number of hydrogen-bond acceptors (Lipinski definition) is 4. The van der Waals surface area contributed by atoms with E-state index in [9.17, 15) is 13.2 Å². The summed E-state index contributed by atoms with van der Waals surface area (Å²) < 4.78 is 38.5. The predicted octanol–water partition coefficient (Wildman–Crippen LogP) is 0.399. The van der Waals surface area contributed by atoms with E-state index in [1.807, 2.05) is 0 Å². The minimum atomic E-state index is -4.20. The summed E-state index contributed by atoms with van der Waals surface area (Å²) in [5, 5.41) is 10.3. The van der Waals surface area contributed by atoms with Crippen molar-refractivity contribution in [1.82, 2.24) is 25.2 Å². The minimum absolute atomic E-state index is 0.148. The normalized spacial score (nSPS) is 12.4. The second kappa shape index (κ2) is 5.97. The van der Waals surface area contributed by atoms with Crippen LogP contribution in [0.2, 0.25) is 0 Å². The molecule has 0 saturated carbocycles. The van der Waals surface area contributed by atoms with Crippen LogP contribution in [0, 0.1) is 0 Å². The van der Waals surface area contributed by atoms with Crippen LogP contribution < -0.4 is 5.32 Å². The van der Waals surface area contributed by atoms with Crippen molar-refractivity contribution in [2.24, 2.45) is 7.05 Å². The summed E-state index contributed by atoms with van der Waals surface area (Å²) in [6, 6.07) is 0. The molecule has 1 aromatic rings. The van der Waals surface area contributed by atoms with Crippen molar-refractivity contribution in [1.29, 1.82) is 0 Å². The molecule has 0 amide bonds. The first-order chi connectivity index (χ1) is 7.90. The van der Waals surface area contributed by atoms with Crippen LogP contribution in [0.1, 0.15) is 5.69 Å². The van der Waals surface area contributed by atoms with Crippen molar-refractivity contribution in [2.75, 3.05) is 26.7 Å². The zero-order valence-electron chi connectivity index (χ0n) is 9.83. The van der Waals surface area contributed by atoms with Gasteiger partial charge in [-0.25, -0.2) is 0 Å². The Morgan fingerprint density at radius 1 is 1.47 bits per heavy atom. The summed E-state index contributed by atoms with van der Waals surface area (Å²) in [5.74, 6) is 0. The first kappa shape index (κ1) is 13.9. The molecule has 1 aromatic heterocycles. The van der Waals surface area contributed by atoms with E-state index in [1.54, 1.807) is 20.3 Å². The summed E-state index contributed by atoms with van der Waals surface area (Å²) in [6.07, 6.45) is -2.58. The Kier molecular flexibility index (Phi) is 4.88. The van der Waals surface area contributed by atoms with Crippen LogP contribution in [0.25, 0.3) is 0 Å². The van der Waals surface area contributed by atoms with Gasteiger partial charge < -0.3 is 5.32 Å². The third-order valence-corrected chi connectivity index (χ3v) is 2.12. The summed E-state index contributed by atoms with van der Waals surface area (Å²) in [4.78, 5) is 1.29. The molecule has 0 aliphatic rings.